The Kier molecular flexibility index (Phi) is 4.06. The normalized spacial score (nSPS) is 10.2. The van der Waals surface area contributed by atoms with E-state index in [0.29, 0.717) is 0 Å². The van der Waals surface area contributed by atoms with Crippen molar-refractivity contribution in [3.8, 4) is 5.69 Å². The first-order chi connectivity index (χ1) is 9.63. The van der Waals surface area contributed by atoms with E-state index in [9.17, 15) is 14.9 Å². The van der Waals surface area contributed by atoms with Gasteiger partial charge in [-0.3, -0.25) is 14.9 Å². The van der Waals surface area contributed by atoms with Crippen LogP contribution in [0.15, 0.2) is 36.5 Å². The fourth-order valence-corrected chi connectivity index (χ4v) is 1.65. The Labute approximate surface area is 113 Å². The van der Waals surface area contributed by atoms with Gasteiger partial charge in [0.25, 0.3) is 11.6 Å². The van der Waals surface area contributed by atoms with Gasteiger partial charge in [0, 0.05) is 18.8 Å². The molecule has 0 saturated heterocycles. The number of rotatable bonds is 5. The fraction of sp³-hybridized carbons (Fsp3) is 0.167. The smallest absolute Gasteiger partial charge is 0.294 e. The molecule has 0 bridgehead atoms. The molecule has 2 rings (SSSR count). The van der Waals surface area contributed by atoms with Crippen molar-refractivity contribution in [2.75, 3.05) is 13.2 Å². The van der Waals surface area contributed by atoms with Gasteiger partial charge in [-0.2, -0.15) is 5.10 Å². The van der Waals surface area contributed by atoms with Gasteiger partial charge < -0.3 is 10.4 Å². The second-order valence-electron chi connectivity index (χ2n) is 3.87. The van der Waals surface area contributed by atoms with Crippen LogP contribution in [0.25, 0.3) is 5.69 Å². The van der Waals surface area contributed by atoms with Crippen LogP contribution in [-0.2, 0) is 0 Å². The summed E-state index contributed by atoms with van der Waals surface area (Å²) in [6.45, 7) is -0.0478. The molecule has 2 N–H and O–H groups in total. The second-order valence-corrected chi connectivity index (χ2v) is 3.87. The van der Waals surface area contributed by atoms with Gasteiger partial charge in [-0.1, -0.05) is 12.1 Å². The number of aliphatic hydroxyl groups excluding tert-OH is 1. The topological polar surface area (TPSA) is 110 Å². The van der Waals surface area contributed by atoms with E-state index in [4.69, 9.17) is 5.11 Å². The van der Waals surface area contributed by atoms with Crippen LogP contribution < -0.4 is 5.32 Å². The van der Waals surface area contributed by atoms with Crippen LogP contribution in [-0.4, -0.2) is 38.9 Å². The highest BCUT2D eigenvalue weighted by Crippen LogP contribution is 2.21. The third-order valence-corrected chi connectivity index (χ3v) is 2.54. The molecule has 0 aliphatic rings. The Bertz CT molecular complexity index is 638. The molecule has 20 heavy (non-hydrogen) atoms. The first-order valence-corrected chi connectivity index (χ1v) is 5.82. The van der Waals surface area contributed by atoms with Crippen LogP contribution in [0.3, 0.4) is 0 Å². The molecule has 0 radical (unpaired) electrons. The molecular weight excluding hydrogens is 264 g/mol. The third kappa shape index (κ3) is 2.81. The molecule has 0 unspecified atom stereocenters. The van der Waals surface area contributed by atoms with Gasteiger partial charge >= 0.3 is 0 Å². The summed E-state index contributed by atoms with van der Waals surface area (Å²) in [6, 6.07) is 7.56. The van der Waals surface area contributed by atoms with E-state index in [2.05, 4.69) is 10.4 Å². The predicted molar refractivity (Wildman–Crippen MR) is 69.6 cm³/mol. The first-order valence-electron chi connectivity index (χ1n) is 5.82. The average molecular weight is 276 g/mol. The molecule has 0 saturated carbocycles. The number of nitrogens with zero attached hydrogens (tertiary/aromatic N) is 3. The monoisotopic (exact) mass is 276 g/mol. The maximum Gasteiger partial charge on any atom is 0.294 e. The van der Waals surface area contributed by atoms with Crippen LogP contribution in [0.1, 0.15) is 10.5 Å². The number of nitro groups is 1. The molecular formula is C12H12N4O4. The van der Waals surface area contributed by atoms with Crippen LogP contribution in [0.5, 0.6) is 0 Å². The van der Waals surface area contributed by atoms with E-state index in [0.717, 1.165) is 0 Å². The van der Waals surface area contributed by atoms with Crippen LogP contribution in [0, 0.1) is 10.1 Å². The van der Waals surface area contributed by atoms with E-state index in [1.165, 1.54) is 23.0 Å². The van der Waals surface area contributed by atoms with Crippen molar-refractivity contribution >= 4 is 11.6 Å². The average Bonchev–Trinajstić information content (AvgIpc) is 2.94. The second kappa shape index (κ2) is 5.93. The highest BCUT2D eigenvalue weighted by molar-refractivity contribution is 5.92. The van der Waals surface area contributed by atoms with Gasteiger partial charge in [-0.15, -0.1) is 0 Å². The molecule has 8 nitrogen and oxygen atoms in total. The summed E-state index contributed by atoms with van der Waals surface area (Å²) in [7, 11) is 0. The number of nitro benzene ring substituents is 1. The molecule has 1 aromatic carbocycles. The van der Waals surface area contributed by atoms with Gasteiger partial charge in [0.05, 0.1) is 11.5 Å². The zero-order chi connectivity index (χ0) is 14.5. The van der Waals surface area contributed by atoms with E-state index >= 15 is 0 Å². The lowest BCUT2D eigenvalue weighted by Crippen LogP contribution is -2.26. The van der Waals surface area contributed by atoms with E-state index in [-0.39, 0.29) is 30.2 Å². The summed E-state index contributed by atoms with van der Waals surface area (Å²) >= 11 is 0. The third-order valence-electron chi connectivity index (χ3n) is 2.54. The lowest BCUT2D eigenvalue weighted by atomic mass is 10.3. The molecule has 1 aromatic heterocycles. The van der Waals surface area contributed by atoms with Gasteiger partial charge in [-0.05, 0) is 12.1 Å². The summed E-state index contributed by atoms with van der Waals surface area (Å²) < 4.78 is 1.27. The molecule has 0 fully saturated rings. The highest BCUT2D eigenvalue weighted by atomic mass is 16.6. The zero-order valence-electron chi connectivity index (χ0n) is 10.4. The van der Waals surface area contributed by atoms with Crippen molar-refractivity contribution in [2.45, 2.75) is 0 Å². The molecule has 1 amide bonds. The molecule has 0 aliphatic heterocycles. The van der Waals surface area contributed by atoms with E-state index in [1.54, 1.807) is 18.2 Å². The van der Waals surface area contributed by atoms with Crippen molar-refractivity contribution in [3.05, 3.63) is 52.3 Å². The number of carbonyl (C=O) groups is 1. The van der Waals surface area contributed by atoms with Crippen LogP contribution >= 0.6 is 0 Å². The van der Waals surface area contributed by atoms with Crippen molar-refractivity contribution in [1.82, 2.24) is 15.1 Å². The molecule has 8 heteroatoms. The summed E-state index contributed by atoms with van der Waals surface area (Å²) in [5, 5.41) is 26.0. The number of hydrogen-bond donors (Lipinski definition) is 2. The van der Waals surface area contributed by atoms with Gasteiger partial charge in [0.1, 0.15) is 5.69 Å². The van der Waals surface area contributed by atoms with Gasteiger partial charge in [0.15, 0.2) is 5.69 Å². The minimum atomic E-state index is -0.511. The van der Waals surface area contributed by atoms with Crippen molar-refractivity contribution in [2.24, 2.45) is 0 Å². The van der Waals surface area contributed by atoms with E-state index < -0.39 is 10.8 Å². The maximum absolute atomic E-state index is 11.6. The van der Waals surface area contributed by atoms with Gasteiger partial charge in [0.2, 0.25) is 0 Å². The summed E-state index contributed by atoms with van der Waals surface area (Å²) in [5.41, 5.74) is 0.299. The quantitative estimate of drug-likeness (QED) is 0.610. The fourth-order valence-electron chi connectivity index (χ4n) is 1.65. The number of para-hydroxylation sites is 2. The first kappa shape index (κ1) is 13.7. The molecule has 0 spiro atoms. The minimum absolute atomic E-state index is 0.0992. The van der Waals surface area contributed by atoms with Crippen LogP contribution in [0.2, 0.25) is 0 Å². The number of nitrogens with one attached hydrogen (secondary N) is 1. The summed E-state index contributed by atoms with van der Waals surface area (Å²) in [6.07, 6.45) is 1.47. The zero-order valence-corrected chi connectivity index (χ0v) is 10.4. The number of aliphatic hydroxyl groups is 1. The Morgan fingerprint density at radius 3 is 2.85 bits per heavy atom. The van der Waals surface area contributed by atoms with Crippen LogP contribution in [0.4, 0.5) is 5.69 Å². The summed E-state index contributed by atoms with van der Waals surface area (Å²) in [5.74, 6) is -0.448. The molecule has 104 valence electrons. The Hall–Kier alpha value is -2.74. The number of carbonyl (C=O) groups excluding carboxylic acids is 1. The largest absolute Gasteiger partial charge is 0.395 e. The number of aromatic nitrogens is 2. The minimum Gasteiger partial charge on any atom is -0.395 e. The Balaban J connectivity index is 2.29. The van der Waals surface area contributed by atoms with Crippen molar-refractivity contribution in [1.29, 1.82) is 0 Å². The molecule has 1 heterocycles. The lowest BCUT2D eigenvalue weighted by Gasteiger charge is -2.02. The summed E-state index contributed by atoms with van der Waals surface area (Å²) in [4.78, 5) is 22.1. The van der Waals surface area contributed by atoms with E-state index in [1.807, 2.05) is 0 Å². The number of hydrogen-bond acceptors (Lipinski definition) is 5. The maximum atomic E-state index is 11.6. The highest BCUT2D eigenvalue weighted by Gasteiger charge is 2.16. The van der Waals surface area contributed by atoms with Gasteiger partial charge in [-0.25, -0.2) is 4.68 Å². The number of amides is 1. The predicted octanol–water partition coefficient (Wildman–Crippen LogP) is 0.503. The Morgan fingerprint density at radius 1 is 1.40 bits per heavy atom. The lowest BCUT2D eigenvalue weighted by molar-refractivity contribution is -0.384. The molecule has 2 aromatic rings. The van der Waals surface area contributed by atoms with Crippen molar-refractivity contribution < 1.29 is 14.8 Å². The molecule has 0 aliphatic carbocycles. The standard InChI is InChI=1S/C12H12N4O4/c17-8-6-13-12(18)9-5-7-15(14-9)10-3-1-2-4-11(10)16(19)20/h1-5,7,17H,6,8H2,(H,13,18). The number of benzene rings is 1. The SMILES string of the molecule is O=C(NCCO)c1ccn(-c2ccccc2[N+](=O)[O-])n1. The molecule has 0 atom stereocenters. The van der Waals surface area contributed by atoms with Crippen molar-refractivity contribution in [3.63, 3.8) is 0 Å². The Morgan fingerprint density at radius 2 is 2.15 bits per heavy atom.